The number of benzene rings is 1. The Morgan fingerprint density at radius 3 is 2.40 bits per heavy atom. The standard InChI is InChI=1S/C14H21N/c1-2-3-4-5-12-6-8-13(9-7-12)14-10-15-11-14/h6-9,14-15H,2-5,10-11H2,1H3. The molecule has 0 atom stereocenters. The van der Waals surface area contributed by atoms with E-state index in [1.807, 2.05) is 0 Å². The lowest BCUT2D eigenvalue weighted by atomic mass is 9.92. The van der Waals surface area contributed by atoms with E-state index in [4.69, 9.17) is 0 Å². The van der Waals surface area contributed by atoms with Crippen molar-refractivity contribution in [2.45, 2.75) is 38.5 Å². The van der Waals surface area contributed by atoms with Crippen LogP contribution in [-0.2, 0) is 6.42 Å². The molecule has 2 rings (SSSR count). The van der Waals surface area contributed by atoms with Crippen molar-refractivity contribution in [3.05, 3.63) is 35.4 Å². The van der Waals surface area contributed by atoms with Gasteiger partial charge in [0.2, 0.25) is 0 Å². The Morgan fingerprint density at radius 1 is 1.13 bits per heavy atom. The molecule has 1 aromatic rings. The van der Waals surface area contributed by atoms with Gasteiger partial charge in [0.1, 0.15) is 0 Å². The topological polar surface area (TPSA) is 12.0 Å². The summed E-state index contributed by atoms with van der Waals surface area (Å²) >= 11 is 0. The van der Waals surface area contributed by atoms with Gasteiger partial charge in [-0.15, -0.1) is 0 Å². The van der Waals surface area contributed by atoms with Crippen LogP contribution in [-0.4, -0.2) is 13.1 Å². The second kappa shape index (κ2) is 5.32. The molecule has 0 radical (unpaired) electrons. The molecule has 0 aromatic heterocycles. The molecule has 0 bridgehead atoms. The van der Waals surface area contributed by atoms with Crippen molar-refractivity contribution in [3.8, 4) is 0 Å². The van der Waals surface area contributed by atoms with Crippen LogP contribution in [0.3, 0.4) is 0 Å². The van der Waals surface area contributed by atoms with Gasteiger partial charge in [-0.05, 0) is 24.0 Å². The fraction of sp³-hybridized carbons (Fsp3) is 0.571. The number of aryl methyl sites for hydroxylation is 1. The molecule has 0 unspecified atom stereocenters. The van der Waals surface area contributed by atoms with Crippen molar-refractivity contribution in [3.63, 3.8) is 0 Å². The maximum atomic E-state index is 3.32. The molecule has 1 aliphatic heterocycles. The fourth-order valence-electron chi connectivity index (χ4n) is 2.06. The minimum atomic E-state index is 0.773. The van der Waals surface area contributed by atoms with Crippen LogP contribution >= 0.6 is 0 Å². The minimum absolute atomic E-state index is 0.773. The van der Waals surface area contributed by atoms with E-state index in [0.717, 1.165) is 19.0 Å². The predicted octanol–water partition coefficient (Wildman–Crippen LogP) is 3.11. The number of hydrogen-bond donors (Lipinski definition) is 1. The van der Waals surface area contributed by atoms with E-state index in [0.29, 0.717) is 0 Å². The molecular weight excluding hydrogens is 182 g/mol. The molecule has 0 spiro atoms. The summed E-state index contributed by atoms with van der Waals surface area (Å²) < 4.78 is 0. The van der Waals surface area contributed by atoms with Gasteiger partial charge < -0.3 is 5.32 Å². The molecule has 0 amide bonds. The van der Waals surface area contributed by atoms with Crippen molar-refractivity contribution in [2.24, 2.45) is 0 Å². The van der Waals surface area contributed by atoms with Gasteiger partial charge in [-0.3, -0.25) is 0 Å². The zero-order valence-electron chi connectivity index (χ0n) is 9.63. The van der Waals surface area contributed by atoms with Gasteiger partial charge in [0.05, 0.1) is 0 Å². The van der Waals surface area contributed by atoms with E-state index in [-0.39, 0.29) is 0 Å². The Morgan fingerprint density at radius 2 is 1.87 bits per heavy atom. The summed E-state index contributed by atoms with van der Waals surface area (Å²) in [6.45, 7) is 4.58. The summed E-state index contributed by atoms with van der Waals surface area (Å²) in [6.07, 6.45) is 5.25. The van der Waals surface area contributed by atoms with Crippen LogP contribution in [0.25, 0.3) is 0 Å². The Kier molecular flexibility index (Phi) is 3.79. The second-order valence-electron chi connectivity index (χ2n) is 4.55. The Hall–Kier alpha value is -0.820. The summed E-state index contributed by atoms with van der Waals surface area (Å²) in [4.78, 5) is 0. The van der Waals surface area contributed by atoms with E-state index >= 15 is 0 Å². The van der Waals surface area contributed by atoms with Crippen molar-refractivity contribution in [1.82, 2.24) is 5.32 Å². The Labute approximate surface area is 92.9 Å². The summed E-state index contributed by atoms with van der Waals surface area (Å²) in [5, 5.41) is 3.32. The lowest BCUT2D eigenvalue weighted by molar-refractivity contribution is 0.448. The lowest BCUT2D eigenvalue weighted by Gasteiger charge is -2.27. The molecular formula is C14H21N. The average molecular weight is 203 g/mol. The van der Waals surface area contributed by atoms with Crippen molar-refractivity contribution in [2.75, 3.05) is 13.1 Å². The highest BCUT2D eigenvalue weighted by atomic mass is 14.9. The molecule has 0 aliphatic carbocycles. The van der Waals surface area contributed by atoms with Crippen LogP contribution in [0.15, 0.2) is 24.3 Å². The van der Waals surface area contributed by atoms with E-state index in [1.165, 1.54) is 36.8 Å². The van der Waals surface area contributed by atoms with E-state index < -0.39 is 0 Å². The Bertz CT molecular complexity index is 285. The number of nitrogens with one attached hydrogen (secondary N) is 1. The summed E-state index contributed by atoms with van der Waals surface area (Å²) in [7, 11) is 0. The third-order valence-electron chi connectivity index (χ3n) is 3.30. The van der Waals surface area contributed by atoms with Crippen LogP contribution in [0, 0.1) is 0 Å². The molecule has 1 N–H and O–H groups in total. The van der Waals surface area contributed by atoms with Gasteiger partial charge in [-0.2, -0.15) is 0 Å². The molecule has 1 nitrogen and oxygen atoms in total. The third kappa shape index (κ3) is 2.82. The zero-order valence-corrected chi connectivity index (χ0v) is 9.63. The maximum absolute atomic E-state index is 3.32. The van der Waals surface area contributed by atoms with Gasteiger partial charge in [0, 0.05) is 19.0 Å². The molecule has 1 heterocycles. The lowest BCUT2D eigenvalue weighted by Crippen LogP contribution is -2.39. The Balaban J connectivity index is 1.86. The first kappa shape index (κ1) is 10.7. The van der Waals surface area contributed by atoms with Gasteiger partial charge in [0.15, 0.2) is 0 Å². The molecule has 0 saturated carbocycles. The van der Waals surface area contributed by atoms with E-state index in [1.54, 1.807) is 0 Å². The van der Waals surface area contributed by atoms with Gasteiger partial charge in [0.25, 0.3) is 0 Å². The highest BCUT2D eigenvalue weighted by Crippen LogP contribution is 2.20. The minimum Gasteiger partial charge on any atom is -0.315 e. The summed E-state index contributed by atoms with van der Waals surface area (Å²) in [6, 6.07) is 9.24. The van der Waals surface area contributed by atoms with Gasteiger partial charge in [-0.1, -0.05) is 44.0 Å². The number of rotatable bonds is 5. The van der Waals surface area contributed by atoms with Crippen LogP contribution in [0.4, 0.5) is 0 Å². The fourth-order valence-corrected chi connectivity index (χ4v) is 2.06. The first-order valence-electron chi connectivity index (χ1n) is 6.19. The van der Waals surface area contributed by atoms with Crippen LogP contribution in [0.1, 0.15) is 43.2 Å². The van der Waals surface area contributed by atoms with Crippen LogP contribution in [0.2, 0.25) is 0 Å². The highest BCUT2D eigenvalue weighted by molar-refractivity contribution is 5.27. The third-order valence-corrected chi connectivity index (χ3v) is 3.30. The molecule has 1 fully saturated rings. The SMILES string of the molecule is CCCCCc1ccc(C2CNC2)cc1. The zero-order chi connectivity index (χ0) is 10.5. The molecule has 1 aliphatic rings. The number of unbranched alkanes of at least 4 members (excludes halogenated alkanes) is 2. The smallest absolute Gasteiger partial charge is 0.00885 e. The largest absolute Gasteiger partial charge is 0.315 e. The number of hydrogen-bond acceptors (Lipinski definition) is 1. The van der Waals surface area contributed by atoms with Gasteiger partial charge in [-0.25, -0.2) is 0 Å². The summed E-state index contributed by atoms with van der Waals surface area (Å²) in [5.74, 6) is 0.773. The van der Waals surface area contributed by atoms with Crippen LogP contribution in [0.5, 0.6) is 0 Å². The first-order chi connectivity index (χ1) is 7.40. The molecule has 1 aromatic carbocycles. The molecule has 1 heteroatoms. The molecule has 1 saturated heterocycles. The normalized spacial score (nSPS) is 16.3. The first-order valence-corrected chi connectivity index (χ1v) is 6.19. The van der Waals surface area contributed by atoms with Crippen molar-refractivity contribution in [1.29, 1.82) is 0 Å². The van der Waals surface area contributed by atoms with E-state index in [9.17, 15) is 0 Å². The summed E-state index contributed by atoms with van der Waals surface area (Å²) in [5.41, 5.74) is 3.01. The second-order valence-corrected chi connectivity index (χ2v) is 4.55. The predicted molar refractivity (Wildman–Crippen MR) is 65.3 cm³/mol. The van der Waals surface area contributed by atoms with E-state index in [2.05, 4.69) is 36.5 Å². The monoisotopic (exact) mass is 203 g/mol. The van der Waals surface area contributed by atoms with Crippen LogP contribution < -0.4 is 5.32 Å². The maximum Gasteiger partial charge on any atom is 0.00885 e. The van der Waals surface area contributed by atoms with Crippen molar-refractivity contribution < 1.29 is 0 Å². The quantitative estimate of drug-likeness (QED) is 0.725. The van der Waals surface area contributed by atoms with Gasteiger partial charge >= 0.3 is 0 Å². The average Bonchev–Trinajstić information content (AvgIpc) is 2.18. The molecule has 15 heavy (non-hydrogen) atoms. The van der Waals surface area contributed by atoms with Crippen molar-refractivity contribution >= 4 is 0 Å². The molecule has 82 valence electrons. The highest BCUT2D eigenvalue weighted by Gasteiger charge is 2.17.